The fraction of sp³-hybridized carbons (Fsp3) is 0.571. The molecule has 3 aliphatic heterocycles. The maximum absolute atomic E-state index is 8.21. The predicted octanol–water partition coefficient (Wildman–Crippen LogP) is 17.9. The van der Waals surface area contributed by atoms with Crippen LogP contribution in [0.15, 0.2) is 87.7 Å². The van der Waals surface area contributed by atoms with Crippen LogP contribution in [0, 0.1) is 0 Å². The topological polar surface area (TPSA) is 55.4 Å². The molecule has 3 aliphatic rings. The normalized spacial score (nSPS) is 17.8. The van der Waals surface area contributed by atoms with E-state index in [0.717, 1.165) is 62.2 Å². The molecule has 372 valence electrons. The molecule has 0 saturated carbocycles. The molecule has 12 bridgehead atoms. The van der Waals surface area contributed by atoms with Crippen molar-refractivity contribution in [3.8, 4) is 23.0 Å². The van der Waals surface area contributed by atoms with Gasteiger partial charge in [-0.15, -0.1) is 0 Å². The lowest BCUT2D eigenvalue weighted by molar-refractivity contribution is 0.0734. The monoisotopic (exact) mass is 1030 g/mol. The van der Waals surface area contributed by atoms with Crippen LogP contribution in [0.25, 0.3) is 0 Å². The van der Waals surface area contributed by atoms with Gasteiger partial charge in [-0.25, -0.2) is 0 Å². The molecule has 0 N–H and O–H groups in total. The Kier molecular flexibility index (Phi) is 15.5. The van der Waals surface area contributed by atoms with Gasteiger partial charge in [0.1, 0.15) is 36.2 Å². The number of rotatable bonds is 4. The highest BCUT2D eigenvalue weighted by Gasteiger charge is 2.60. The van der Waals surface area contributed by atoms with Crippen molar-refractivity contribution < 1.29 is 27.2 Å². The molecule has 12 heteroatoms. The summed E-state index contributed by atoms with van der Waals surface area (Å²) in [5.41, 5.74) is 4.68. The zero-order valence-electron chi connectivity index (χ0n) is 44.8. The molecule has 6 nitrogen and oxygen atoms in total. The van der Waals surface area contributed by atoms with Gasteiger partial charge < -0.3 is 27.2 Å². The molecule has 0 fully saturated rings. The summed E-state index contributed by atoms with van der Waals surface area (Å²) in [4.78, 5) is 8.44. The Labute approximate surface area is 430 Å². The predicted molar refractivity (Wildman–Crippen MR) is 293 cm³/mol. The van der Waals surface area contributed by atoms with Gasteiger partial charge in [0, 0.05) is 22.2 Å². The van der Waals surface area contributed by atoms with E-state index in [-0.39, 0.29) is 43.8 Å². The van der Waals surface area contributed by atoms with Crippen LogP contribution in [0.2, 0.25) is 22.2 Å². The average molecular weight is 1030 g/mol. The van der Waals surface area contributed by atoms with Gasteiger partial charge in [0.05, 0.1) is 52.4 Å². The van der Waals surface area contributed by atoms with Crippen LogP contribution in [0.1, 0.15) is 161 Å². The Hall–Kier alpha value is -2.17. The van der Waals surface area contributed by atoms with E-state index in [9.17, 15) is 0 Å². The maximum atomic E-state index is 8.21. The second-order valence-electron chi connectivity index (χ2n) is 24.3. The highest BCUT2D eigenvalue weighted by Crippen LogP contribution is 2.59. The third-order valence-corrected chi connectivity index (χ3v) is 27.7. The SMILES string of the molecule is CC(C)[Si]1(C(C)C)Oc2c3cc(C(C)(C)C)cc2Sc2cc(C(C)(C)C)cc(c2O[Si](C(C)C)(C(C)C)O1)Sc1cc(C(C)(C)C)cc2c1OCCOCCOc1c(cc(C(C)(C)C)cc1S3)S2. The van der Waals surface area contributed by atoms with Gasteiger partial charge in [0.2, 0.25) is 0 Å². The van der Waals surface area contributed by atoms with E-state index >= 15 is 0 Å². The smallest absolute Gasteiger partial charge is 0.396 e. The summed E-state index contributed by atoms with van der Waals surface area (Å²) in [5.74, 6) is 3.48. The first kappa shape index (κ1) is 53.6. The van der Waals surface area contributed by atoms with Crippen molar-refractivity contribution >= 4 is 64.2 Å². The number of ether oxygens (including phenoxy) is 3. The Bertz CT molecular complexity index is 2320. The van der Waals surface area contributed by atoms with Gasteiger partial charge in [0.25, 0.3) is 0 Å². The molecule has 68 heavy (non-hydrogen) atoms. The van der Waals surface area contributed by atoms with Gasteiger partial charge in [-0.05, 0) is 92.4 Å². The van der Waals surface area contributed by atoms with E-state index in [1.54, 1.807) is 47.0 Å². The van der Waals surface area contributed by atoms with Crippen LogP contribution in [-0.2, 0) is 30.5 Å². The molecule has 0 aliphatic carbocycles. The summed E-state index contributed by atoms with van der Waals surface area (Å²) >= 11 is 7.08. The van der Waals surface area contributed by atoms with Crippen molar-refractivity contribution in [2.75, 3.05) is 26.4 Å². The van der Waals surface area contributed by atoms with Gasteiger partial charge >= 0.3 is 17.1 Å². The zero-order valence-corrected chi connectivity index (χ0v) is 50.1. The van der Waals surface area contributed by atoms with Crippen LogP contribution in [0.3, 0.4) is 0 Å². The molecule has 3 heterocycles. The second-order valence-corrected chi connectivity index (χ2v) is 37.4. The van der Waals surface area contributed by atoms with Crippen molar-refractivity contribution in [1.29, 1.82) is 0 Å². The molecule has 0 saturated heterocycles. The molecule has 0 spiro atoms. The minimum absolute atomic E-state index is 0.102. The summed E-state index contributed by atoms with van der Waals surface area (Å²) < 4.78 is 44.6. The summed E-state index contributed by atoms with van der Waals surface area (Å²) in [6.07, 6.45) is 0. The average Bonchev–Trinajstić information content (AvgIpc) is 3.19. The third kappa shape index (κ3) is 10.9. The molecular formula is C56H80O6S4Si2. The van der Waals surface area contributed by atoms with Gasteiger partial charge in [-0.1, -0.05) is 186 Å². The van der Waals surface area contributed by atoms with E-state index in [2.05, 4.69) is 187 Å². The minimum atomic E-state index is -3.24. The van der Waals surface area contributed by atoms with Crippen LogP contribution >= 0.6 is 47.0 Å². The van der Waals surface area contributed by atoms with Gasteiger partial charge in [0.15, 0.2) is 0 Å². The summed E-state index contributed by atoms with van der Waals surface area (Å²) in [6.45, 7) is 47.9. The Morgan fingerprint density at radius 2 is 0.574 bits per heavy atom. The molecule has 0 radical (unpaired) electrons. The Morgan fingerprint density at radius 1 is 0.353 bits per heavy atom. The van der Waals surface area contributed by atoms with Crippen molar-refractivity contribution in [2.45, 2.75) is 221 Å². The number of hydrogen-bond donors (Lipinski definition) is 0. The fourth-order valence-electron chi connectivity index (χ4n) is 9.00. The molecule has 0 amide bonds. The van der Waals surface area contributed by atoms with E-state index < -0.39 is 17.1 Å². The number of benzene rings is 4. The molecule has 0 unspecified atom stereocenters. The fourth-order valence-corrected chi connectivity index (χ4v) is 24.8. The third-order valence-electron chi connectivity index (χ3n) is 13.4. The number of hydrogen-bond acceptors (Lipinski definition) is 10. The highest BCUT2D eigenvalue weighted by atomic mass is 32.2. The first-order valence-corrected chi connectivity index (χ1v) is 32.0. The van der Waals surface area contributed by atoms with Crippen molar-refractivity contribution in [2.24, 2.45) is 0 Å². The molecular weight excluding hydrogens is 953 g/mol. The standard InChI is InChI=1S/C56H80O6S4Si2/c1-33(2)67(34(3)4)60-51-45-29-39(55(15,16)17)31-47(51)66-48-32-40(56(18,19)20)30-46(52(48)61-68(62-67,35(5)6)36(7)8)65-44-28-38(54(12,13)14)26-42-50(44)59-24-22-57-21-23-58-49-41(63-42)25-37(53(9,10)11)27-43(49)64-45/h25-36H,21-24H2,1-20H3. The molecule has 4 aromatic carbocycles. The van der Waals surface area contributed by atoms with E-state index in [1.165, 1.54) is 22.3 Å². The van der Waals surface area contributed by atoms with E-state index in [1.807, 2.05) is 0 Å². The van der Waals surface area contributed by atoms with Crippen molar-refractivity contribution in [1.82, 2.24) is 0 Å². The molecule has 7 rings (SSSR count). The molecule has 0 aromatic heterocycles. The van der Waals surface area contributed by atoms with E-state index in [4.69, 9.17) is 27.2 Å². The lowest BCUT2D eigenvalue weighted by atomic mass is 9.87. The molecule has 4 aromatic rings. The second kappa shape index (κ2) is 19.7. The van der Waals surface area contributed by atoms with Gasteiger partial charge in [-0.3, -0.25) is 0 Å². The van der Waals surface area contributed by atoms with Crippen LogP contribution in [0.4, 0.5) is 0 Å². The quantitative estimate of drug-likeness (QED) is 0.163. The Balaban J connectivity index is 1.75. The first-order valence-electron chi connectivity index (χ1n) is 24.8. The lowest BCUT2D eigenvalue weighted by Gasteiger charge is -2.48. The summed E-state index contributed by atoms with van der Waals surface area (Å²) in [6, 6.07) is 19.0. The van der Waals surface area contributed by atoms with E-state index in [0.29, 0.717) is 26.4 Å². The van der Waals surface area contributed by atoms with Crippen LogP contribution < -0.4 is 18.3 Å². The first-order chi connectivity index (χ1) is 31.4. The largest absolute Gasteiger partial charge is 0.518 e. The summed E-state index contributed by atoms with van der Waals surface area (Å²) in [7, 11) is -6.48. The Morgan fingerprint density at radius 3 is 0.779 bits per heavy atom. The minimum Gasteiger partial charge on any atom is -0.518 e. The highest BCUT2D eigenvalue weighted by molar-refractivity contribution is 8.01. The van der Waals surface area contributed by atoms with Gasteiger partial charge in [-0.2, -0.15) is 0 Å². The van der Waals surface area contributed by atoms with Crippen LogP contribution in [-0.4, -0.2) is 43.5 Å². The lowest BCUT2D eigenvalue weighted by Crippen LogP contribution is -2.64. The van der Waals surface area contributed by atoms with Crippen molar-refractivity contribution in [3.05, 3.63) is 70.8 Å². The summed E-state index contributed by atoms with van der Waals surface area (Å²) in [5, 5.41) is 0. The van der Waals surface area contributed by atoms with Crippen LogP contribution in [0.5, 0.6) is 23.0 Å². The molecule has 0 atom stereocenters. The zero-order chi connectivity index (χ0) is 50.1. The maximum Gasteiger partial charge on any atom is 0.396 e. The van der Waals surface area contributed by atoms with Crippen molar-refractivity contribution in [3.63, 3.8) is 0 Å².